The van der Waals surface area contributed by atoms with E-state index in [1.54, 1.807) is 12.1 Å². The highest BCUT2D eigenvalue weighted by atomic mass is 19.4. The number of Topliss-reactive ketones (excluding diaryl/α,β-unsaturated/α-hetero) is 1. The van der Waals surface area contributed by atoms with Gasteiger partial charge in [-0.05, 0) is 12.1 Å². The number of nitrogens with zero attached hydrogens (tertiary/aromatic N) is 1. The van der Waals surface area contributed by atoms with Gasteiger partial charge in [-0.3, -0.25) is 9.78 Å². The zero-order chi connectivity index (χ0) is 10.6. The molecule has 5 heteroatoms. The SMILES string of the molecule is O=C(Cc1ccccn1)CC(F)(F)F. The molecule has 0 amide bonds. The van der Waals surface area contributed by atoms with Gasteiger partial charge in [0.1, 0.15) is 12.2 Å². The van der Waals surface area contributed by atoms with Gasteiger partial charge in [-0.1, -0.05) is 6.07 Å². The van der Waals surface area contributed by atoms with E-state index in [9.17, 15) is 18.0 Å². The number of carbonyl (C=O) groups is 1. The van der Waals surface area contributed by atoms with Crippen molar-refractivity contribution in [2.75, 3.05) is 0 Å². The number of pyridine rings is 1. The standard InChI is InChI=1S/C9H8F3NO/c10-9(11,12)6-8(14)5-7-3-1-2-4-13-7/h1-4H,5-6H2. The van der Waals surface area contributed by atoms with Crippen molar-refractivity contribution in [3.63, 3.8) is 0 Å². The number of hydrogen-bond donors (Lipinski definition) is 0. The molecule has 76 valence electrons. The van der Waals surface area contributed by atoms with Crippen LogP contribution in [0, 0.1) is 0 Å². The molecular weight excluding hydrogens is 195 g/mol. The average Bonchev–Trinajstić information content (AvgIpc) is 2.02. The molecule has 0 saturated heterocycles. The molecule has 0 aliphatic heterocycles. The Labute approximate surface area is 78.8 Å². The molecule has 1 rings (SSSR count). The molecule has 0 aliphatic carbocycles. The zero-order valence-electron chi connectivity index (χ0n) is 7.21. The summed E-state index contributed by atoms with van der Waals surface area (Å²) in [5, 5.41) is 0. The fourth-order valence-electron chi connectivity index (χ4n) is 0.991. The van der Waals surface area contributed by atoms with Crippen LogP contribution in [0.15, 0.2) is 24.4 Å². The van der Waals surface area contributed by atoms with E-state index in [0.29, 0.717) is 5.69 Å². The van der Waals surface area contributed by atoms with Crippen LogP contribution in [0.1, 0.15) is 12.1 Å². The minimum absolute atomic E-state index is 0.264. The highest BCUT2D eigenvalue weighted by molar-refractivity contribution is 5.80. The molecule has 0 radical (unpaired) electrons. The molecule has 0 unspecified atom stereocenters. The van der Waals surface area contributed by atoms with Crippen LogP contribution >= 0.6 is 0 Å². The highest BCUT2D eigenvalue weighted by Crippen LogP contribution is 2.20. The van der Waals surface area contributed by atoms with E-state index in [2.05, 4.69) is 4.98 Å². The Morgan fingerprint density at radius 3 is 2.57 bits per heavy atom. The van der Waals surface area contributed by atoms with E-state index < -0.39 is 18.4 Å². The van der Waals surface area contributed by atoms with Crippen molar-refractivity contribution in [3.8, 4) is 0 Å². The van der Waals surface area contributed by atoms with Gasteiger partial charge in [0.15, 0.2) is 0 Å². The molecule has 0 atom stereocenters. The second-order valence-electron chi connectivity index (χ2n) is 2.83. The lowest BCUT2D eigenvalue weighted by Crippen LogP contribution is -2.16. The van der Waals surface area contributed by atoms with Crippen molar-refractivity contribution in [3.05, 3.63) is 30.1 Å². The van der Waals surface area contributed by atoms with Gasteiger partial charge < -0.3 is 0 Å². The summed E-state index contributed by atoms with van der Waals surface area (Å²) in [6.07, 6.45) is -4.63. The summed E-state index contributed by atoms with van der Waals surface area (Å²) in [6, 6.07) is 4.79. The van der Waals surface area contributed by atoms with Gasteiger partial charge >= 0.3 is 6.18 Å². The second-order valence-corrected chi connectivity index (χ2v) is 2.83. The Morgan fingerprint density at radius 1 is 1.36 bits per heavy atom. The molecule has 1 aromatic rings. The van der Waals surface area contributed by atoms with Crippen LogP contribution in [0.25, 0.3) is 0 Å². The summed E-state index contributed by atoms with van der Waals surface area (Å²) in [7, 11) is 0. The van der Waals surface area contributed by atoms with Crippen LogP contribution in [0.2, 0.25) is 0 Å². The lowest BCUT2D eigenvalue weighted by atomic mass is 10.1. The molecule has 0 spiro atoms. The first-order valence-electron chi connectivity index (χ1n) is 3.96. The molecular formula is C9H8F3NO. The summed E-state index contributed by atoms with van der Waals surface area (Å²) in [5.74, 6) is -0.865. The van der Waals surface area contributed by atoms with E-state index in [4.69, 9.17) is 0 Å². The van der Waals surface area contributed by atoms with Crippen LogP contribution in [0.3, 0.4) is 0 Å². The number of aromatic nitrogens is 1. The summed E-state index contributed by atoms with van der Waals surface area (Å²) in [6.45, 7) is 0. The molecule has 0 saturated carbocycles. The largest absolute Gasteiger partial charge is 0.395 e. The normalized spacial score (nSPS) is 11.4. The first-order chi connectivity index (χ1) is 6.47. The van der Waals surface area contributed by atoms with Crippen LogP contribution < -0.4 is 0 Å². The monoisotopic (exact) mass is 203 g/mol. The number of ketones is 1. The lowest BCUT2D eigenvalue weighted by molar-refractivity contribution is -0.151. The summed E-state index contributed by atoms with van der Waals surface area (Å²) >= 11 is 0. The van der Waals surface area contributed by atoms with Crippen molar-refractivity contribution in [1.82, 2.24) is 4.98 Å². The summed E-state index contributed by atoms with van der Waals surface area (Å²) in [4.78, 5) is 14.6. The van der Waals surface area contributed by atoms with Crippen LogP contribution in [-0.4, -0.2) is 16.9 Å². The fourth-order valence-corrected chi connectivity index (χ4v) is 0.991. The highest BCUT2D eigenvalue weighted by Gasteiger charge is 2.30. The summed E-state index contributed by atoms with van der Waals surface area (Å²) < 4.78 is 35.3. The number of hydrogen-bond acceptors (Lipinski definition) is 2. The zero-order valence-corrected chi connectivity index (χ0v) is 7.21. The first-order valence-corrected chi connectivity index (χ1v) is 3.96. The third-order valence-corrected chi connectivity index (χ3v) is 1.50. The molecule has 0 fully saturated rings. The second kappa shape index (κ2) is 4.21. The molecule has 1 heterocycles. The van der Waals surface area contributed by atoms with Crippen molar-refractivity contribution in [2.45, 2.75) is 19.0 Å². The number of halogens is 3. The Bertz CT molecular complexity index is 308. The van der Waals surface area contributed by atoms with E-state index >= 15 is 0 Å². The van der Waals surface area contributed by atoms with Crippen molar-refractivity contribution in [2.24, 2.45) is 0 Å². The van der Waals surface area contributed by atoms with Gasteiger partial charge in [0.05, 0.1) is 0 Å². The van der Waals surface area contributed by atoms with E-state index in [1.807, 2.05) is 0 Å². The van der Waals surface area contributed by atoms with Crippen LogP contribution in [0.4, 0.5) is 13.2 Å². The quantitative estimate of drug-likeness (QED) is 0.753. The average molecular weight is 203 g/mol. The molecule has 0 bridgehead atoms. The third-order valence-electron chi connectivity index (χ3n) is 1.50. The Kier molecular flexibility index (Phi) is 3.22. The smallest absolute Gasteiger partial charge is 0.299 e. The third kappa shape index (κ3) is 4.02. The molecule has 0 aliphatic rings. The van der Waals surface area contributed by atoms with Gasteiger partial charge in [0.25, 0.3) is 0 Å². The maximum atomic E-state index is 11.8. The molecule has 0 aromatic carbocycles. The Morgan fingerprint density at radius 2 is 2.07 bits per heavy atom. The predicted octanol–water partition coefficient (Wildman–Crippen LogP) is 2.15. The molecule has 0 N–H and O–H groups in total. The first kappa shape index (κ1) is 10.7. The van der Waals surface area contributed by atoms with Gasteiger partial charge in [-0.2, -0.15) is 13.2 Å². The van der Waals surface area contributed by atoms with Gasteiger partial charge in [-0.25, -0.2) is 0 Å². The topological polar surface area (TPSA) is 30.0 Å². The van der Waals surface area contributed by atoms with E-state index in [0.717, 1.165) is 0 Å². The minimum Gasteiger partial charge on any atom is -0.299 e. The maximum absolute atomic E-state index is 11.8. The van der Waals surface area contributed by atoms with E-state index in [1.165, 1.54) is 12.3 Å². The number of rotatable bonds is 3. The van der Waals surface area contributed by atoms with Crippen LogP contribution in [-0.2, 0) is 11.2 Å². The maximum Gasteiger partial charge on any atom is 0.395 e. The molecule has 14 heavy (non-hydrogen) atoms. The molecule has 1 aromatic heterocycles. The lowest BCUT2D eigenvalue weighted by Gasteiger charge is -2.04. The fraction of sp³-hybridized carbons (Fsp3) is 0.333. The Hall–Kier alpha value is -1.39. The molecule has 2 nitrogen and oxygen atoms in total. The van der Waals surface area contributed by atoms with Crippen molar-refractivity contribution < 1.29 is 18.0 Å². The van der Waals surface area contributed by atoms with Crippen LogP contribution in [0.5, 0.6) is 0 Å². The van der Waals surface area contributed by atoms with E-state index in [-0.39, 0.29) is 6.42 Å². The minimum atomic E-state index is -4.42. The predicted molar refractivity (Wildman–Crippen MR) is 43.6 cm³/mol. The summed E-state index contributed by atoms with van der Waals surface area (Å²) in [5.41, 5.74) is 0.363. The number of carbonyl (C=O) groups excluding carboxylic acids is 1. The Balaban J connectivity index is 2.50. The van der Waals surface area contributed by atoms with Gasteiger partial charge in [-0.15, -0.1) is 0 Å². The van der Waals surface area contributed by atoms with Gasteiger partial charge in [0.2, 0.25) is 0 Å². The van der Waals surface area contributed by atoms with Crippen molar-refractivity contribution in [1.29, 1.82) is 0 Å². The van der Waals surface area contributed by atoms with Gasteiger partial charge in [0, 0.05) is 18.3 Å². The number of alkyl halides is 3. The van der Waals surface area contributed by atoms with Crippen molar-refractivity contribution >= 4 is 5.78 Å².